The SMILES string of the molecule is CC(C)(C)OC(=O)CN(CC(O)CN1CCN(CC(=O)O)CCN(CC(=O)O)CCN(CC(=O)O)CC1)C(CO)CO.O=C(O)CN1CCN(CC(=O)O)CCN(CC(O)CN(CC(=O)O)C(CO)CO)CCN(CC(=O)O)CC1.O=C([O-])CN1CCN(CC(=O)[O-])CCN(CC(O)CN(CC(=O)[O-])C(CO)CO)CCN(CC(=O)[O-])CC1.[Cl][Gd]([Cl])[Cl].[Gd+3].[Na+]. The molecule has 3 rings (SSSR count). The number of hydrogen-bond acceptors (Lipinski definition) is 41. The van der Waals surface area contributed by atoms with Crippen LogP contribution in [0.25, 0.3) is 0 Å². The van der Waals surface area contributed by atoms with Crippen LogP contribution in [0, 0.1) is 69.1 Å². The quantitative estimate of drug-likeness (QED) is 0.0199. The molecule has 1 radical (unpaired) electrons. The van der Waals surface area contributed by atoms with Crippen LogP contribution >= 0.6 is 17.9 Å². The number of halogens is 3. The fourth-order valence-electron chi connectivity index (χ4n) is 13.1. The molecule has 0 saturated carbocycles. The number of rotatable bonds is 45. The monoisotopic (exact) mass is 2150 g/mol. The number of β-amino-alcohol motifs (C(OH)–C–C–N with tert-alkyl or cyclic N) is 3. The van der Waals surface area contributed by atoms with E-state index >= 15 is 0 Å². The molecule has 3 unspecified atom stereocenters. The number of aliphatic hydroxyl groups is 9. The molecule has 0 spiro atoms. The van der Waals surface area contributed by atoms with Gasteiger partial charge < -0.3 is 126 Å². The maximum absolute atomic E-state index is 12.5. The Morgan fingerprint density at radius 3 is 0.637 bits per heavy atom. The van der Waals surface area contributed by atoms with Crippen molar-refractivity contribution in [1.29, 1.82) is 0 Å². The second-order valence-corrected chi connectivity index (χ2v) is 40.1. The number of carboxylic acids is 11. The summed E-state index contributed by atoms with van der Waals surface area (Å²) in [6.07, 6.45) is -3.28. The van der Waals surface area contributed by atoms with Gasteiger partial charge in [0.05, 0.1) is 152 Å². The van der Waals surface area contributed by atoms with Gasteiger partial charge in [-0.3, -0.25) is 112 Å². The third kappa shape index (κ3) is 66.5. The molecule has 0 bridgehead atoms. The summed E-state index contributed by atoms with van der Waals surface area (Å²) in [6.45, 7) is 3.52. The van der Waals surface area contributed by atoms with Gasteiger partial charge in [0.15, 0.2) is 0 Å². The number of esters is 1. The molecule has 124 heavy (non-hydrogen) atoms. The van der Waals surface area contributed by atoms with E-state index in [0.29, 0.717) is 26.2 Å². The van der Waals surface area contributed by atoms with Crippen LogP contribution in [-0.4, -0.2) is 583 Å². The molecule has 0 aromatic carbocycles. The Morgan fingerprint density at radius 1 is 0.315 bits per heavy atom. The van der Waals surface area contributed by atoms with Crippen molar-refractivity contribution in [2.24, 2.45) is 0 Å². The van der Waals surface area contributed by atoms with Crippen molar-refractivity contribution in [2.75, 3.05) is 315 Å². The molecular formula is C70H127Cl3Gd2N15NaO33. The number of ether oxygens (including phenoxy) is 1. The van der Waals surface area contributed by atoms with Gasteiger partial charge in [0.25, 0.3) is 0 Å². The number of carbonyl (C=O) groups excluding carboxylic acids is 5. The maximum Gasteiger partial charge on any atom is 3.00 e. The number of nitrogens with zero attached hydrogens (tertiary/aromatic N) is 15. The molecule has 0 aromatic rings. The summed E-state index contributed by atoms with van der Waals surface area (Å²) in [4.78, 5) is 161. The number of hydrogen-bond donors (Lipinski definition) is 16. The average molecular weight is 2150 g/mol. The zero-order valence-electron chi connectivity index (χ0n) is 70.6. The first-order chi connectivity index (χ1) is 57.2. The Balaban J connectivity index is -0.00000172. The number of carbonyl (C=O) groups is 12. The van der Waals surface area contributed by atoms with Crippen LogP contribution in [0.3, 0.4) is 0 Å². The molecule has 16 N–H and O–H groups in total. The van der Waals surface area contributed by atoms with E-state index in [1.54, 1.807) is 64.9 Å². The number of carboxylic acid groups (broad SMARTS) is 11. The summed E-state index contributed by atoms with van der Waals surface area (Å²) in [6, 6.07) is -2.63. The normalized spacial score (nSPS) is 18.0. The summed E-state index contributed by atoms with van der Waals surface area (Å²) >= 11 is -1.98. The van der Waals surface area contributed by atoms with Crippen molar-refractivity contribution in [3.8, 4) is 0 Å². The fraction of sp³-hybridized carbons (Fsp3) is 0.829. The molecule has 3 atom stereocenters. The molecule has 0 aromatic heterocycles. The van der Waals surface area contributed by atoms with Gasteiger partial charge in [0.2, 0.25) is 0 Å². The topological polar surface area (TPSA) is 679 Å². The molecule has 3 heterocycles. The first kappa shape index (κ1) is 125. The summed E-state index contributed by atoms with van der Waals surface area (Å²) in [5, 5.41) is 199. The van der Waals surface area contributed by atoms with Crippen molar-refractivity contribution < 1.29 is 263 Å². The van der Waals surface area contributed by atoms with Gasteiger partial charge in [0.1, 0.15) is 5.60 Å². The molecule has 3 saturated heterocycles. The van der Waals surface area contributed by atoms with Crippen LogP contribution in [0.5, 0.6) is 0 Å². The molecule has 718 valence electrons. The van der Waals surface area contributed by atoms with E-state index in [4.69, 9.17) is 27.8 Å². The predicted octanol–water partition coefficient (Wildman–Crippen LogP) is -18.3. The van der Waals surface area contributed by atoms with E-state index in [1.807, 2.05) is 9.80 Å². The molecule has 3 aliphatic heterocycles. The Morgan fingerprint density at radius 2 is 0.484 bits per heavy atom. The smallest absolute Gasteiger partial charge is 1.00 e. The third-order valence-corrected chi connectivity index (χ3v) is 19.0. The van der Waals surface area contributed by atoms with E-state index in [1.165, 1.54) is 19.6 Å². The van der Waals surface area contributed by atoms with E-state index in [0.717, 1.165) is 0 Å². The fourth-order valence-corrected chi connectivity index (χ4v) is 13.1. The molecule has 48 nitrogen and oxygen atoms in total. The molecule has 0 amide bonds. The van der Waals surface area contributed by atoms with E-state index in [9.17, 15) is 155 Å². The number of aliphatic carboxylic acids is 11. The van der Waals surface area contributed by atoms with Gasteiger partial charge in [-0.2, -0.15) is 0 Å². The van der Waals surface area contributed by atoms with Crippen molar-refractivity contribution in [2.45, 2.75) is 62.8 Å². The second kappa shape index (κ2) is 71.8. The van der Waals surface area contributed by atoms with Crippen molar-refractivity contribution in [3.05, 3.63) is 0 Å². The first-order valence-corrected chi connectivity index (χ1v) is 47.5. The summed E-state index contributed by atoms with van der Waals surface area (Å²) in [7, 11) is 0. The minimum absolute atomic E-state index is 0. The Bertz CT molecular complexity index is 2840. The van der Waals surface area contributed by atoms with E-state index in [-0.39, 0.29) is 285 Å². The van der Waals surface area contributed by atoms with Crippen molar-refractivity contribution >= 4 is 89.5 Å². The minimum Gasteiger partial charge on any atom is 1.00 e. The molecule has 0 aliphatic carbocycles. The molecular weight excluding hydrogens is 2020 g/mol. The summed E-state index contributed by atoms with van der Waals surface area (Å²) in [5.41, 5.74) is -0.747. The van der Waals surface area contributed by atoms with Gasteiger partial charge in [-0.15, -0.1) is 0 Å². The van der Waals surface area contributed by atoms with Gasteiger partial charge in [-0.05, 0) is 20.8 Å². The Kier molecular flexibility index (Phi) is 72.6. The zero-order chi connectivity index (χ0) is 92.8. The van der Waals surface area contributed by atoms with Crippen molar-refractivity contribution in [1.82, 2.24) is 73.5 Å². The predicted molar refractivity (Wildman–Crippen MR) is 421 cm³/mol. The van der Waals surface area contributed by atoms with Crippen LogP contribution in [-0.2, 0) is 62.3 Å². The maximum atomic E-state index is 12.5. The van der Waals surface area contributed by atoms with Crippen LogP contribution in [0.1, 0.15) is 20.8 Å². The number of aliphatic hydroxyl groups excluding tert-OH is 9. The van der Waals surface area contributed by atoms with Crippen LogP contribution < -0.4 is 50.0 Å². The standard InChI is InChI=1S/C26H49N5O11.2C22H41N5O11.3ClH.2Gd.Na/c1-26(2,3)42-25(41)17-31(20(18-32)19-33)13-21(34)12-27-4-6-28(14-22(35)36)8-10-30(16-24(39)40)11-9-29(7-5-27)15-23(37)38;2*28-15-17(16-29)27(14-22(37)38)10-18(30)9-23-1-3-24(11-19(31)32)5-7-26(13-21(35)36)8-6-25(4-2-23)12-20(33)34;;;;;;/h20-21,32-34H,4-19H2,1-3H3,(H,35,36)(H,37,38)(H,39,40);2*17-18,28-30H,1-16H2,(H,31,32)(H,33,34)(H,35,36)(H,37,38);3*1H;;;/q;;;;;;2*+3;+1/p-7. The first-order valence-electron chi connectivity index (χ1n) is 39.0. The van der Waals surface area contributed by atoms with Gasteiger partial charge in [-0.1, -0.05) is 0 Å². The minimum atomic E-state index is -1.98. The molecule has 54 heteroatoms. The summed E-state index contributed by atoms with van der Waals surface area (Å²) < 4.78 is 5.35. The van der Waals surface area contributed by atoms with Gasteiger partial charge >= 0.3 is 164 Å². The van der Waals surface area contributed by atoms with E-state index in [2.05, 4.69) is 0 Å². The van der Waals surface area contributed by atoms with Crippen molar-refractivity contribution in [3.63, 3.8) is 0 Å². The molecule has 3 aliphatic rings. The third-order valence-electron chi connectivity index (χ3n) is 19.0. The van der Waals surface area contributed by atoms with Gasteiger partial charge in [0, 0.05) is 223 Å². The van der Waals surface area contributed by atoms with Crippen LogP contribution in [0.2, 0.25) is 0 Å². The van der Waals surface area contributed by atoms with E-state index < -0.39 is 215 Å². The largest absolute Gasteiger partial charge is 3.00 e. The Labute approximate surface area is 795 Å². The summed E-state index contributed by atoms with van der Waals surface area (Å²) in [5.74, 6) is 1.46. The average Bonchev–Trinajstić information content (AvgIpc) is 0.885. The van der Waals surface area contributed by atoms with Gasteiger partial charge in [-0.25, -0.2) is 0 Å². The zero-order valence-corrected chi connectivity index (χ0v) is 79.4. The second-order valence-electron chi connectivity index (χ2n) is 30.2. The van der Waals surface area contributed by atoms with Crippen LogP contribution in [0.4, 0.5) is 0 Å². The Hall–Kier alpha value is -2.80. The molecule has 3 fully saturated rings. The van der Waals surface area contributed by atoms with Crippen LogP contribution in [0.15, 0.2) is 0 Å².